The summed E-state index contributed by atoms with van der Waals surface area (Å²) in [7, 11) is -4.49. The van der Waals surface area contributed by atoms with Gasteiger partial charge in [-0.2, -0.15) is 8.42 Å². The summed E-state index contributed by atoms with van der Waals surface area (Å²) in [6.07, 6.45) is 0.610. The van der Waals surface area contributed by atoms with E-state index in [9.17, 15) is 12.3 Å². The number of rotatable bonds is 3. The van der Waals surface area contributed by atoms with E-state index in [-0.39, 0.29) is 5.69 Å². The number of aryl methyl sites for hydroxylation is 1. The molecule has 0 aliphatic heterocycles. The van der Waals surface area contributed by atoms with Crippen LogP contribution in [0.1, 0.15) is 18.4 Å². The topological polar surface area (TPSA) is 60.2 Å². The minimum Gasteiger partial charge on any atom is -0.361 e. The molecular weight excluding hydrogens is 185 g/mol. The van der Waals surface area contributed by atoms with Crippen LogP contribution in [0.2, 0.25) is 0 Å². The third kappa shape index (κ3) is 2.61. The first-order chi connectivity index (χ1) is 5.51. The monoisotopic (exact) mass is 193 g/mol. The van der Waals surface area contributed by atoms with E-state index in [1.807, 2.05) is 6.92 Å². The number of halogens is 1. The molecule has 0 saturated heterocycles. The van der Waals surface area contributed by atoms with Crippen molar-refractivity contribution in [2.24, 2.45) is 0 Å². The van der Waals surface area contributed by atoms with Crippen LogP contribution in [0.4, 0.5) is 3.89 Å². The third-order valence-electron chi connectivity index (χ3n) is 1.28. The smallest absolute Gasteiger partial charge is 0.308 e. The first kappa shape index (κ1) is 9.18. The zero-order chi connectivity index (χ0) is 9.19. The Labute approximate surface area is 69.6 Å². The molecule has 0 amide bonds. The highest BCUT2D eigenvalue weighted by Crippen LogP contribution is 2.08. The van der Waals surface area contributed by atoms with Crippen LogP contribution in [0.3, 0.4) is 0 Å². The summed E-state index contributed by atoms with van der Waals surface area (Å²) in [6, 6.07) is 1.43. The Morgan fingerprint density at radius 2 is 2.33 bits per heavy atom. The maximum Gasteiger partial charge on any atom is 0.308 e. The lowest BCUT2D eigenvalue weighted by molar-refractivity contribution is 0.382. The molecule has 1 aromatic heterocycles. The van der Waals surface area contributed by atoms with E-state index in [4.69, 9.17) is 0 Å². The van der Waals surface area contributed by atoms with Crippen LogP contribution in [0.15, 0.2) is 10.6 Å². The second-order valence-corrected chi connectivity index (χ2v) is 3.69. The predicted molar refractivity (Wildman–Crippen MR) is 39.6 cm³/mol. The first-order valence-corrected chi connectivity index (χ1v) is 4.93. The summed E-state index contributed by atoms with van der Waals surface area (Å²) in [5.41, 5.74) is 0.106. The summed E-state index contributed by atoms with van der Waals surface area (Å²) in [6.45, 7) is 1.83. The van der Waals surface area contributed by atoms with Crippen molar-refractivity contribution in [1.29, 1.82) is 0 Å². The molecule has 1 heterocycles. The van der Waals surface area contributed by atoms with Crippen molar-refractivity contribution < 1.29 is 16.8 Å². The van der Waals surface area contributed by atoms with Crippen LogP contribution in [0.25, 0.3) is 0 Å². The van der Waals surface area contributed by atoms with Crippen molar-refractivity contribution in [3.63, 3.8) is 0 Å². The normalized spacial score (nSPS) is 11.8. The van der Waals surface area contributed by atoms with Crippen LogP contribution < -0.4 is 0 Å². The fourth-order valence-electron chi connectivity index (χ4n) is 0.767. The van der Waals surface area contributed by atoms with Gasteiger partial charge < -0.3 is 4.52 Å². The molecule has 0 aromatic carbocycles. The van der Waals surface area contributed by atoms with Gasteiger partial charge in [0.2, 0.25) is 0 Å². The van der Waals surface area contributed by atoms with Crippen molar-refractivity contribution in [2.45, 2.75) is 19.1 Å². The lowest BCUT2D eigenvalue weighted by atomic mass is 10.3. The molecule has 0 saturated carbocycles. The Kier molecular flexibility index (Phi) is 2.46. The average molecular weight is 193 g/mol. The second kappa shape index (κ2) is 3.22. The Morgan fingerprint density at radius 3 is 2.75 bits per heavy atom. The zero-order valence-electron chi connectivity index (χ0n) is 6.45. The highest BCUT2D eigenvalue weighted by molar-refractivity contribution is 7.85. The van der Waals surface area contributed by atoms with Crippen LogP contribution in [0.5, 0.6) is 0 Å². The highest BCUT2D eigenvalue weighted by Gasteiger charge is 2.12. The quantitative estimate of drug-likeness (QED) is 0.673. The van der Waals surface area contributed by atoms with Gasteiger partial charge in [-0.1, -0.05) is 12.1 Å². The van der Waals surface area contributed by atoms with Gasteiger partial charge in [-0.3, -0.25) is 0 Å². The summed E-state index contributed by atoms with van der Waals surface area (Å²) in [4.78, 5) is 0. The lowest BCUT2D eigenvalue weighted by Gasteiger charge is -1.85. The average Bonchev–Trinajstić information content (AvgIpc) is 2.32. The van der Waals surface area contributed by atoms with Gasteiger partial charge in [0.1, 0.15) is 17.2 Å². The molecule has 0 aliphatic carbocycles. The standard InChI is InChI=1S/C6H8FNO3S/c1-2-6-3-5(8-11-6)4-12(7,9)10/h3H,2,4H2,1H3. The van der Waals surface area contributed by atoms with Gasteiger partial charge in [0, 0.05) is 12.5 Å². The van der Waals surface area contributed by atoms with Crippen molar-refractivity contribution in [2.75, 3.05) is 0 Å². The van der Waals surface area contributed by atoms with Crippen LogP contribution in [-0.4, -0.2) is 13.6 Å². The van der Waals surface area contributed by atoms with E-state index in [1.165, 1.54) is 6.07 Å². The molecule has 1 aromatic rings. The molecule has 0 spiro atoms. The molecule has 1 rings (SSSR count). The van der Waals surface area contributed by atoms with E-state index < -0.39 is 16.0 Å². The van der Waals surface area contributed by atoms with Gasteiger partial charge in [0.25, 0.3) is 0 Å². The number of hydrogen-bond donors (Lipinski definition) is 0. The Bertz CT molecular complexity index is 357. The van der Waals surface area contributed by atoms with Crippen LogP contribution >= 0.6 is 0 Å². The summed E-state index contributed by atoms with van der Waals surface area (Å²) in [5.74, 6) is -0.162. The van der Waals surface area contributed by atoms with Gasteiger partial charge in [-0.25, -0.2) is 0 Å². The Morgan fingerprint density at radius 1 is 1.67 bits per heavy atom. The summed E-state index contributed by atoms with van der Waals surface area (Å²) in [5, 5.41) is 3.38. The lowest BCUT2D eigenvalue weighted by Crippen LogP contribution is -1.95. The molecule has 68 valence electrons. The maximum atomic E-state index is 12.1. The van der Waals surface area contributed by atoms with Crippen LogP contribution in [0, 0.1) is 0 Å². The molecule has 0 fully saturated rings. The SMILES string of the molecule is CCc1cc(CS(=O)(=O)F)no1. The minimum atomic E-state index is -4.49. The van der Waals surface area contributed by atoms with E-state index in [2.05, 4.69) is 9.68 Å². The summed E-state index contributed by atoms with van der Waals surface area (Å²) >= 11 is 0. The molecule has 0 radical (unpaired) electrons. The summed E-state index contributed by atoms with van der Waals surface area (Å²) < 4.78 is 37.1. The van der Waals surface area contributed by atoms with E-state index >= 15 is 0 Å². The van der Waals surface area contributed by atoms with E-state index in [0.29, 0.717) is 12.2 Å². The molecule has 0 unspecified atom stereocenters. The van der Waals surface area contributed by atoms with E-state index in [0.717, 1.165) is 0 Å². The molecule has 6 heteroatoms. The molecule has 0 aliphatic rings. The molecule has 0 bridgehead atoms. The zero-order valence-corrected chi connectivity index (χ0v) is 7.27. The van der Waals surface area contributed by atoms with Gasteiger partial charge in [-0.05, 0) is 0 Å². The number of aromatic nitrogens is 1. The molecule has 4 nitrogen and oxygen atoms in total. The number of nitrogens with zero attached hydrogens (tertiary/aromatic N) is 1. The molecule has 12 heavy (non-hydrogen) atoms. The largest absolute Gasteiger partial charge is 0.361 e. The Hall–Kier alpha value is -0.910. The van der Waals surface area contributed by atoms with Gasteiger partial charge in [0.05, 0.1) is 0 Å². The van der Waals surface area contributed by atoms with Crippen molar-refractivity contribution in [3.05, 3.63) is 17.5 Å². The van der Waals surface area contributed by atoms with Crippen molar-refractivity contribution >= 4 is 10.2 Å². The van der Waals surface area contributed by atoms with Crippen molar-refractivity contribution in [1.82, 2.24) is 5.16 Å². The third-order valence-corrected chi connectivity index (χ3v) is 1.92. The minimum absolute atomic E-state index is 0.106. The fourth-order valence-corrected chi connectivity index (χ4v) is 1.26. The van der Waals surface area contributed by atoms with Gasteiger partial charge in [0.15, 0.2) is 0 Å². The van der Waals surface area contributed by atoms with Crippen molar-refractivity contribution in [3.8, 4) is 0 Å². The Balaban J connectivity index is 2.78. The van der Waals surface area contributed by atoms with E-state index in [1.54, 1.807) is 0 Å². The number of hydrogen-bond acceptors (Lipinski definition) is 4. The fraction of sp³-hybridized carbons (Fsp3) is 0.500. The first-order valence-electron chi connectivity index (χ1n) is 3.38. The van der Waals surface area contributed by atoms with Gasteiger partial charge >= 0.3 is 10.2 Å². The highest BCUT2D eigenvalue weighted by atomic mass is 32.3. The molecular formula is C6H8FNO3S. The maximum absolute atomic E-state index is 12.1. The second-order valence-electron chi connectivity index (χ2n) is 2.32. The molecule has 0 N–H and O–H groups in total. The van der Waals surface area contributed by atoms with Gasteiger partial charge in [-0.15, -0.1) is 3.89 Å². The predicted octanol–water partition coefficient (Wildman–Crippen LogP) is 1.04. The molecule has 0 atom stereocenters. The van der Waals surface area contributed by atoms with Crippen LogP contribution in [-0.2, 0) is 22.4 Å².